The average molecular weight is 139 g/mol. The van der Waals surface area contributed by atoms with Gasteiger partial charge in [0.2, 0.25) is 0 Å². The monoisotopic (exact) mass is 139 g/mol. The lowest BCUT2D eigenvalue weighted by atomic mass is 10.1. The van der Waals surface area contributed by atoms with E-state index < -0.39 is 0 Å². The van der Waals surface area contributed by atoms with Crippen LogP contribution in [0.1, 0.15) is 13.3 Å². The Labute approximate surface area is 59.8 Å². The minimum Gasteiger partial charge on any atom is -0.299 e. The molecule has 0 bridgehead atoms. The van der Waals surface area contributed by atoms with Crippen LogP contribution in [0.15, 0.2) is 5.11 Å². The third-order valence-corrected chi connectivity index (χ3v) is 1.88. The second kappa shape index (κ2) is 2.71. The maximum absolute atomic E-state index is 8.17. The minimum absolute atomic E-state index is 0.431. The lowest BCUT2D eigenvalue weighted by molar-refractivity contribution is -0.489. The lowest BCUT2D eigenvalue weighted by Gasteiger charge is -1.95. The smallest absolute Gasteiger partial charge is 0.162 e. The zero-order chi connectivity index (χ0) is 7.56. The number of hydrogen-bond donors (Lipinski definition) is 0. The molecular formula is C6H11N4+. The first kappa shape index (κ1) is 7.09. The maximum atomic E-state index is 8.17. The van der Waals surface area contributed by atoms with E-state index in [-0.39, 0.29) is 0 Å². The van der Waals surface area contributed by atoms with E-state index in [1.807, 2.05) is 11.6 Å². The van der Waals surface area contributed by atoms with Gasteiger partial charge in [0, 0.05) is 10.8 Å². The van der Waals surface area contributed by atoms with Crippen molar-refractivity contribution in [2.75, 3.05) is 13.6 Å². The quantitative estimate of drug-likeness (QED) is 0.211. The zero-order valence-corrected chi connectivity index (χ0v) is 6.28. The van der Waals surface area contributed by atoms with E-state index in [2.05, 4.69) is 16.9 Å². The van der Waals surface area contributed by atoms with Crippen molar-refractivity contribution in [1.29, 1.82) is 0 Å². The molecule has 1 atom stereocenters. The van der Waals surface area contributed by atoms with Crippen molar-refractivity contribution in [1.82, 2.24) is 0 Å². The first-order valence-corrected chi connectivity index (χ1v) is 3.38. The second-order valence-corrected chi connectivity index (χ2v) is 2.66. The van der Waals surface area contributed by atoms with Crippen molar-refractivity contribution in [3.63, 3.8) is 0 Å². The molecule has 10 heavy (non-hydrogen) atoms. The van der Waals surface area contributed by atoms with Crippen LogP contribution < -0.4 is 0 Å². The van der Waals surface area contributed by atoms with Gasteiger partial charge in [0.25, 0.3) is 0 Å². The van der Waals surface area contributed by atoms with Crippen LogP contribution in [0.2, 0.25) is 0 Å². The summed E-state index contributed by atoms with van der Waals surface area (Å²) in [6.07, 6.45) is 1.10. The Morgan fingerprint density at radius 2 is 2.50 bits per heavy atom. The Hall–Kier alpha value is -1.02. The van der Waals surface area contributed by atoms with Crippen LogP contribution in [0.3, 0.4) is 0 Å². The predicted octanol–water partition coefficient (Wildman–Crippen LogP) is 1.38. The molecule has 4 heteroatoms. The van der Waals surface area contributed by atoms with Gasteiger partial charge < -0.3 is 0 Å². The summed E-state index contributed by atoms with van der Waals surface area (Å²) in [5.74, 6) is 1.31. The first-order valence-electron chi connectivity index (χ1n) is 3.38. The van der Waals surface area contributed by atoms with Crippen LogP contribution in [0, 0.1) is 5.92 Å². The van der Waals surface area contributed by atoms with Crippen molar-refractivity contribution in [3.05, 3.63) is 10.4 Å². The highest BCUT2D eigenvalue weighted by atomic mass is 15.2. The summed E-state index contributed by atoms with van der Waals surface area (Å²) in [6, 6.07) is 0. The summed E-state index contributed by atoms with van der Waals surface area (Å²) >= 11 is 0. The van der Waals surface area contributed by atoms with Gasteiger partial charge in [-0.15, -0.1) is 0 Å². The Bertz CT molecular complexity index is 212. The Morgan fingerprint density at radius 3 is 2.90 bits per heavy atom. The van der Waals surface area contributed by atoms with Crippen molar-refractivity contribution in [2.45, 2.75) is 13.3 Å². The average Bonchev–Trinajstić information content (AvgIpc) is 2.20. The van der Waals surface area contributed by atoms with E-state index in [4.69, 9.17) is 5.53 Å². The van der Waals surface area contributed by atoms with Gasteiger partial charge in [-0.2, -0.15) is 0 Å². The molecule has 1 unspecified atom stereocenters. The highest BCUT2D eigenvalue weighted by Gasteiger charge is 2.20. The van der Waals surface area contributed by atoms with Gasteiger partial charge in [-0.05, 0) is 17.1 Å². The molecule has 0 saturated carbocycles. The molecular weight excluding hydrogens is 128 g/mol. The molecule has 0 fully saturated rings. The fourth-order valence-electron chi connectivity index (χ4n) is 1.23. The molecule has 4 nitrogen and oxygen atoms in total. The molecule has 0 spiro atoms. The van der Waals surface area contributed by atoms with Crippen LogP contribution in [0.4, 0.5) is 0 Å². The predicted molar refractivity (Wildman–Crippen MR) is 39.0 cm³/mol. The third kappa shape index (κ3) is 1.11. The minimum atomic E-state index is 0.431. The highest BCUT2D eigenvalue weighted by molar-refractivity contribution is 5.81. The maximum Gasteiger partial charge on any atom is 0.162 e. The van der Waals surface area contributed by atoms with Crippen LogP contribution in [-0.2, 0) is 0 Å². The van der Waals surface area contributed by atoms with E-state index in [0.29, 0.717) is 5.92 Å². The van der Waals surface area contributed by atoms with Crippen LogP contribution in [0.25, 0.3) is 10.4 Å². The fraction of sp³-hybridized carbons (Fsp3) is 0.833. The standard InChI is InChI=1S/C6H11N4/c1-5-3-4-10(2)6(5)8-9-7/h5H,3-4H2,1-2H3/q+1. The fourth-order valence-corrected chi connectivity index (χ4v) is 1.23. The SMILES string of the molecule is CC1CC[N+](C)=C1N=[N+]=[N-]. The number of hydrogen-bond acceptors (Lipinski definition) is 1. The molecule has 1 rings (SSSR count). The summed E-state index contributed by atoms with van der Waals surface area (Å²) in [4.78, 5) is 2.76. The van der Waals surface area contributed by atoms with Gasteiger partial charge in [0.15, 0.2) is 5.84 Å². The molecule has 0 aliphatic carbocycles. The molecule has 1 aliphatic rings. The molecule has 0 radical (unpaired) electrons. The Kier molecular flexibility index (Phi) is 1.92. The van der Waals surface area contributed by atoms with Gasteiger partial charge in [-0.25, -0.2) is 0 Å². The summed E-state index contributed by atoms with van der Waals surface area (Å²) in [7, 11) is 1.95. The van der Waals surface area contributed by atoms with E-state index in [1.165, 1.54) is 0 Å². The highest BCUT2D eigenvalue weighted by Crippen LogP contribution is 2.12. The molecule has 1 aliphatic heterocycles. The molecule has 0 amide bonds. The van der Waals surface area contributed by atoms with Gasteiger partial charge in [0.05, 0.1) is 13.6 Å². The summed E-state index contributed by atoms with van der Waals surface area (Å²) in [6.45, 7) is 3.09. The number of rotatable bonds is 0. The number of nitrogens with zero attached hydrogens (tertiary/aromatic N) is 4. The molecule has 0 saturated heterocycles. The summed E-state index contributed by atoms with van der Waals surface area (Å²) in [5.41, 5.74) is 8.17. The van der Waals surface area contributed by atoms with E-state index >= 15 is 0 Å². The van der Waals surface area contributed by atoms with E-state index in [9.17, 15) is 0 Å². The van der Waals surface area contributed by atoms with Crippen molar-refractivity contribution < 1.29 is 4.58 Å². The molecule has 0 aromatic rings. The largest absolute Gasteiger partial charge is 0.299 e. The normalized spacial score (nSPS) is 24.8. The summed E-state index contributed by atoms with van der Waals surface area (Å²) < 4.78 is 2.00. The molecule has 54 valence electrons. The number of amidine groups is 1. The first-order chi connectivity index (χ1) is 4.75. The van der Waals surface area contributed by atoms with Crippen molar-refractivity contribution in [3.8, 4) is 0 Å². The van der Waals surface area contributed by atoms with Gasteiger partial charge in [0.1, 0.15) is 0 Å². The van der Waals surface area contributed by atoms with Crippen LogP contribution in [-0.4, -0.2) is 24.0 Å². The zero-order valence-electron chi connectivity index (χ0n) is 6.28. The van der Waals surface area contributed by atoms with Crippen LogP contribution in [0.5, 0.6) is 0 Å². The lowest BCUT2D eigenvalue weighted by Crippen LogP contribution is -2.09. The Balaban J connectivity index is 2.87. The van der Waals surface area contributed by atoms with Crippen LogP contribution >= 0.6 is 0 Å². The second-order valence-electron chi connectivity index (χ2n) is 2.66. The third-order valence-electron chi connectivity index (χ3n) is 1.88. The molecule has 0 aromatic carbocycles. The topological polar surface area (TPSA) is 51.8 Å². The van der Waals surface area contributed by atoms with Crippen molar-refractivity contribution in [2.24, 2.45) is 11.0 Å². The molecule has 1 heterocycles. The number of azide groups is 1. The van der Waals surface area contributed by atoms with Gasteiger partial charge in [-0.1, -0.05) is 6.92 Å². The van der Waals surface area contributed by atoms with E-state index in [0.717, 1.165) is 18.8 Å². The summed E-state index contributed by atoms with van der Waals surface area (Å²) in [5, 5.41) is 3.61. The van der Waals surface area contributed by atoms with E-state index in [1.54, 1.807) is 0 Å². The van der Waals surface area contributed by atoms with Crippen molar-refractivity contribution >= 4 is 5.84 Å². The molecule has 0 aromatic heterocycles. The Morgan fingerprint density at radius 1 is 1.80 bits per heavy atom. The van der Waals surface area contributed by atoms with Gasteiger partial charge in [-0.3, -0.25) is 4.58 Å². The van der Waals surface area contributed by atoms with Gasteiger partial charge >= 0.3 is 0 Å². The molecule has 0 N–H and O–H groups in total.